The second kappa shape index (κ2) is 7.08. The SMILES string of the molecule is Cc1ccccc1Cn1cc(C(=O)NCCn2ccnc2C)nn1. The molecule has 0 radical (unpaired) electrons. The molecule has 7 heteroatoms. The summed E-state index contributed by atoms with van der Waals surface area (Å²) in [4.78, 5) is 16.3. The quantitative estimate of drug-likeness (QED) is 0.746. The molecule has 2 heterocycles. The van der Waals surface area contributed by atoms with Gasteiger partial charge in [0.1, 0.15) is 5.82 Å². The van der Waals surface area contributed by atoms with Gasteiger partial charge in [0, 0.05) is 25.5 Å². The van der Waals surface area contributed by atoms with Crippen molar-refractivity contribution < 1.29 is 4.79 Å². The van der Waals surface area contributed by atoms with Crippen molar-refractivity contribution in [2.45, 2.75) is 26.9 Å². The zero-order valence-electron chi connectivity index (χ0n) is 13.8. The highest BCUT2D eigenvalue weighted by atomic mass is 16.2. The highest BCUT2D eigenvalue weighted by Gasteiger charge is 2.11. The van der Waals surface area contributed by atoms with Crippen molar-refractivity contribution in [2.24, 2.45) is 0 Å². The van der Waals surface area contributed by atoms with Gasteiger partial charge in [0.15, 0.2) is 5.69 Å². The smallest absolute Gasteiger partial charge is 0.273 e. The van der Waals surface area contributed by atoms with Gasteiger partial charge in [-0.3, -0.25) is 4.79 Å². The first kappa shape index (κ1) is 15.9. The van der Waals surface area contributed by atoms with Crippen molar-refractivity contribution in [3.8, 4) is 0 Å². The van der Waals surface area contributed by atoms with E-state index in [1.165, 1.54) is 5.56 Å². The summed E-state index contributed by atoms with van der Waals surface area (Å²) in [6.45, 7) is 5.77. The number of hydrogen-bond donors (Lipinski definition) is 1. The van der Waals surface area contributed by atoms with Crippen molar-refractivity contribution in [2.75, 3.05) is 6.54 Å². The molecule has 3 rings (SSSR count). The van der Waals surface area contributed by atoms with Gasteiger partial charge in [0.2, 0.25) is 0 Å². The first-order valence-corrected chi connectivity index (χ1v) is 7.84. The van der Waals surface area contributed by atoms with Crippen LogP contribution < -0.4 is 5.32 Å². The van der Waals surface area contributed by atoms with Gasteiger partial charge in [-0.2, -0.15) is 0 Å². The van der Waals surface area contributed by atoms with Crippen LogP contribution in [0.3, 0.4) is 0 Å². The summed E-state index contributed by atoms with van der Waals surface area (Å²) in [5, 5.41) is 10.8. The maximum absolute atomic E-state index is 12.1. The molecular formula is C17H20N6O. The maximum Gasteiger partial charge on any atom is 0.273 e. The van der Waals surface area contributed by atoms with E-state index in [2.05, 4.69) is 33.6 Å². The molecule has 0 aliphatic rings. The van der Waals surface area contributed by atoms with E-state index in [-0.39, 0.29) is 5.91 Å². The van der Waals surface area contributed by atoms with Gasteiger partial charge in [-0.25, -0.2) is 9.67 Å². The fraction of sp³-hybridized carbons (Fsp3) is 0.294. The molecule has 124 valence electrons. The van der Waals surface area contributed by atoms with Crippen LogP contribution in [0.5, 0.6) is 0 Å². The molecule has 0 bridgehead atoms. The van der Waals surface area contributed by atoms with Crippen molar-refractivity contribution in [3.63, 3.8) is 0 Å². The van der Waals surface area contributed by atoms with E-state index in [0.29, 0.717) is 25.3 Å². The third-order valence-electron chi connectivity index (χ3n) is 3.93. The number of carbonyl (C=O) groups excluding carboxylic acids is 1. The Labute approximate surface area is 140 Å². The van der Waals surface area contributed by atoms with E-state index < -0.39 is 0 Å². The zero-order chi connectivity index (χ0) is 16.9. The number of hydrogen-bond acceptors (Lipinski definition) is 4. The maximum atomic E-state index is 12.1. The van der Waals surface area contributed by atoms with Crippen LogP contribution in [0, 0.1) is 13.8 Å². The molecule has 0 spiro atoms. The highest BCUT2D eigenvalue weighted by Crippen LogP contribution is 2.08. The molecule has 0 saturated heterocycles. The van der Waals surface area contributed by atoms with Gasteiger partial charge in [0.05, 0.1) is 12.7 Å². The Kier molecular flexibility index (Phi) is 4.69. The first-order valence-electron chi connectivity index (χ1n) is 7.84. The van der Waals surface area contributed by atoms with Crippen molar-refractivity contribution in [1.82, 2.24) is 29.9 Å². The minimum atomic E-state index is -0.219. The lowest BCUT2D eigenvalue weighted by Crippen LogP contribution is -2.27. The van der Waals surface area contributed by atoms with Crippen LogP contribution in [0.25, 0.3) is 0 Å². The van der Waals surface area contributed by atoms with Crippen LogP contribution >= 0.6 is 0 Å². The largest absolute Gasteiger partial charge is 0.349 e. The minimum Gasteiger partial charge on any atom is -0.349 e. The molecule has 0 fully saturated rings. The van der Waals surface area contributed by atoms with E-state index in [1.54, 1.807) is 17.1 Å². The standard InChI is InChI=1S/C17H20N6O/c1-13-5-3-4-6-15(13)11-23-12-16(20-21-23)17(24)19-8-10-22-9-7-18-14(22)2/h3-7,9,12H,8,10-11H2,1-2H3,(H,19,24). The molecule has 1 aromatic carbocycles. The number of nitrogens with zero attached hydrogens (tertiary/aromatic N) is 5. The summed E-state index contributed by atoms with van der Waals surface area (Å²) < 4.78 is 3.66. The van der Waals surface area contributed by atoms with Gasteiger partial charge < -0.3 is 9.88 Å². The Bertz CT molecular complexity index is 835. The normalized spacial score (nSPS) is 10.8. The van der Waals surface area contributed by atoms with Crippen LogP contribution in [0.1, 0.15) is 27.4 Å². The van der Waals surface area contributed by atoms with Crippen LogP contribution in [0.15, 0.2) is 42.9 Å². The molecular weight excluding hydrogens is 304 g/mol. The van der Waals surface area contributed by atoms with Crippen LogP contribution in [-0.2, 0) is 13.1 Å². The van der Waals surface area contributed by atoms with Crippen molar-refractivity contribution in [1.29, 1.82) is 0 Å². The van der Waals surface area contributed by atoms with Gasteiger partial charge in [-0.15, -0.1) is 5.10 Å². The van der Waals surface area contributed by atoms with Crippen molar-refractivity contribution in [3.05, 3.63) is 65.5 Å². The Morgan fingerprint density at radius 3 is 2.83 bits per heavy atom. The summed E-state index contributed by atoms with van der Waals surface area (Å²) in [7, 11) is 0. The Hall–Kier alpha value is -2.96. The number of imidazole rings is 1. The van der Waals surface area contributed by atoms with Gasteiger partial charge in [-0.05, 0) is 25.0 Å². The lowest BCUT2D eigenvalue weighted by molar-refractivity contribution is 0.0947. The molecule has 0 unspecified atom stereocenters. The number of aromatic nitrogens is 5. The number of carbonyl (C=O) groups is 1. The molecule has 0 aliphatic heterocycles. The molecule has 0 saturated carbocycles. The van der Waals surface area contributed by atoms with E-state index in [1.807, 2.05) is 35.9 Å². The number of amides is 1. The van der Waals surface area contributed by atoms with Crippen LogP contribution in [0.4, 0.5) is 0 Å². The predicted molar refractivity (Wildman–Crippen MR) is 89.6 cm³/mol. The third kappa shape index (κ3) is 3.68. The fourth-order valence-corrected chi connectivity index (χ4v) is 2.46. The minimum absolute atomic E-state index is 0.219. The van der Waals surface area contributed by atoms with Gasteiger partial charge in [-0.1, -0.05) is 29.5 Å². The zero-order valence-corrected chi connectivity index (χ0v) is 13.8. The fourth-order valence-electron chi connectivity index (χ4n) is 2.46. The van der Waals surface area contributed by atoms with Crippen LogP contribution in [-0.4, -0.2) is 37.0 Å². The monoisotopic (exact) mass is 324 g/mol. The first-order chi connectivity index (χ1) is 11.6. The average molecular weight is 324 g/mol. The molecule has 3 aromatic rings. The van der Waals surface area contributed by atoms with E-state index in [4.69, 9.17) is 0 Å². The highest BCUT2D eigenvalue weighted by molar-refractivity contribution is 5.91. The Balaban J connectivity index is 1.56. The number of benzene rings is 1. The summed E-state index contributed by atoms with van der Waals surface area (Å²) in [5.41, 5.74) is 2.67. The second-order valence-electron chi connectivity index (χ2n) is 5.65. The molecule has 0 aliphatic carbocycles. The summed E-state index contributed by atoms with van der Waals surface area (Å²) in [5.74, 6) is 0.706. The molecule has 1 amide bonds. The Morgan fingerprint density at radius 1 is 1.25 bits per heavy atom. The topological polar surface area (TPSA) is 77.6 Å². The third-order valence-corrected chi connectivity index (χ3v) is 3.93. The Morgan fingerprint density at radius 2 is 2.08 bits per heavy atom. The summed E-state index contributed by atoms with van der Waals surface area (Å²) in [6, 6.07) is 8.09. The van der Waals surface area contributed by atoms with E-state index >= 15 is 0 Å². The summed E-state index contributed by atoms with van der Waals surface area (Å²) >= 11 is 0. The molecule has 2 aromatic heterocycles. The van der Waals surface area contributed by atoms with Gasteiger partial charge in [0.25, 0.3) is 5.91 Å². The molecule has 7 nitrogen and oxygen atoms in total. The molecule has 1 N–H and O–H groups in total. The van der Waals surface area contributed by atoms with Crippen LogP contribution in [0.2, 0.25) is 0 Å². The van der Waals surface area contributed by atoms with E-state index in [9.17, 15) is 4.79 Å². The van der Waals surface area contributed by atoms with E-state index in [0.717, 1.165) is 11.4 Å². The number of rotatable bonds is 6. The average Bonchev–Trinajstić information content (AvgIpc) is 3.19. The van der Waals surface area contributed by atoms with Gasteiger partial charge >= 0.3 is 0 Å². The van der Waals surface area contributed by atoms with Crippen molar-refractivity contribution >= 4 is 5.91 Å². The molecule has 24 heavy (non-hydrogen) atoms. The number of aryl methyl sites for hydroxylation is 2. The lowest BCUT2D eigenvalue weighted by Gasteiger charge is -2.06. The lowest BCUT2D eigenvalue weighted by atomic mass is 10.1. The predicted octanol–water partition coefficient (Wildman–Crippen LogP) is 1.57. The number of nitrogens with one attached hydrogen (secondary N) is 1. The molecule has 0 atom stereocenters. The second-order valence-corrected chi connectivity index (χ2v) is 5.65. The summed E-state index contributed by atoms with van der Waals surface area (Å²) in [6.07, 6.45) is 5.30.